The van der Waals surface area contributed by atoms with E-state index in [2.05, 4.69) is 10.6 Å². The Hall–Kier alpha value is -1.43. The highest BCUT2D eigenvalue weighted by Gasteiger charge is 2.38. The van der Waals surface area contributed by atoms with Crippen molar-refractivity contribution in [1.82, 2.24) is 5.32 Å². The summed E-state index contributed by atoms with van der Waals surface area (Å²) in [6.45, 7) is 0. The summed E-state index contributed by atoms with van der Waals surface area (Å²) in [7, 11) is 0. The van der Waals surface area contributed by atoms with E-state index in [9.17, 15) is 18.0 Å². The van der Waals surface area contributed by atoms with Crippen LogP contribution < -0.4 is 10.6 Å². The van der Waals surface area contributed by atoms with E-state index in [4.69, 9.17) is 11.6 Å². The fourth-order valence-corrected chi connectivity index (χ4v) is 4.40. The summed E-state index contributed by atoms with van der Waals surface area (Å²) in [5.74, 6) is 0. The molecule has 0 unspecified atom stereocenters. The SMILES string of the molecule is O=C(Nc1ccc(Cl)c(C(F)(F)F)c1)NC1CCC2(CCCC2)CC1. The molecule has 0 radical (unpaired) electrons. The van der Waals surface area contributed by atoms with Gasteiger partial charge < -0.3 is 10.6 Å². The third kappa shape index (κ3) is 4.40. The Balaban J connectivity index is 1.55. The zero-order valence-electron chi connectivity index (χ0n) is 13.9. The molecule has 2 N–H and O–H groups in total. The molecule has 0 aliphatic heterocycles. The molecule has 25 heavy (non-hydrogen) atoms. The van der Waals surface area contributed by atoms with Crippen LogP contribution in [0.2, 0.25) is 5.02 Å². The summed E-state index contributed by atoms with van der Waals surface area (Å²) in [6.07, 6.45) is 4.74. The molecule has 0 bridgehead atoms. The van der Waals surface area contributed by atoms with Crippen LogP contribution in [-0.2, 0) is 6.18 Å². The molecule has 1 aromatic carbocycles. The number of nitrogens with one attached hydrogen (secondary N) is 2. The number of halogens is 4. The zero-order chi connectivity index (χ0) is 18.1. The van der Waals surface area contributed by atoms with Gasteiger partial charge in [0.05, 0.1) is 10.6 Å². The van der Waals surface area contributed by atoms with Crippen LogP contribution in [0, 0.1) is 5.41 Å². The van der Waals surface area contributed by atoms with E-state index in [0.717, 1.165) is 37.8 Å². The Morgan fingerprint density at radius 3 is 2.36 bits per heavy atom. The van der Waals surface area contributed by atoms with Gasteiger partial charge in [0, 0.05) is 11.7 Å². The van der Waals surface area contributed by atoms with Gasteiger partial charge in [-0.1, -0.05) is 24.4 Å². The van der Waals surface area contributed by atoms with Gasteiger partial charge in [-0.05, 0) is 62.1 Å². The van der Waals surface area contributed by atoms with Crippen LogP contribution in [0.15, 0.2) is 18.2 Å². The first kappa shape index (κ1) is 18.4. The number of benzene rings is 1. The number of carbonyl (C=O) groups excluding carboxylic acids is 1. The zero-order valence-corrected chi connectivity index (χ0v) is 14.6. The first-order valence-electron chi connectivity index (χ1n) is 8.72. The summed E-state index contributed by atoms with van der Waals surface area (Å²) < 4.78 is 38.6. The Labute approximate surface area is 150 Å². The molecule has 138 valence electrons. The molecular weight excluding hydrogens is 353 g/mol. The Bertz CT molecular complexity index is 632. The summed E-state index contributed by atoms with van der Waals surface area (Å²) in [5.41, 5.74) is -0.392. The monoisotopic (exact) mass is 374 g/mol. The van der Waals surface area contributed by atoms with E-state index in [0.29, 0.717) is 5.41 Å². The number of alkyl halides is 3. The second-order valence-corrected chi connectivity index (χ2v) is 7.68. The van der Waals surface area contributed by atoms with Gasteiger partial charge in [-0.25, -0.2) is 4.79 Å². The summed E-state index contributed by atoms with van der Waals surface area (Å²) in [4.78, 5) is 12.1. The first-order valence-corrected chi connectivity index (χ1v) is 9.10. The number of rotatable bonds is 2. The van der Waals surface area contributed by atoms with Crippen molar-refractivity contribution in [3.63, 3.8) is 0 Å². The normalized spacial score (nSPS) is 20.6. The van der Waals surface area contributed by atoms with Crippen LogP contribution in [-0.4, -0.2) is 12.1 Å². The Morgan fingerprint density at radius 2 is 1.76 bits per heavy atom. The second-order valence-electron chi connectivity index (χ2n) is 7.27. The van der Waals surface area contributed by atoms with Crippen molar-refractivity contribution < 1.29 is 18.0 Å². The van der Waals surface area contributed by atoms with E-state index in [1.807, 2.05) is 0 Å². The molecule has 2 amide bonds. The molecule has 3 nitrogen and oxygen atoms in total. The minimum absolute atomic E-state index is 0.0808. The molecule has 2 aliphatic rings. The average molecular weight is 375 g/mol. The summed E-state index contributed by atoms with van der Waals surface area (Å²) in [6, 6.07) is 2.98. The molecule has 1 aromatic rings. The van der Waals surface area contributed by atoms with Gasteiger partial charge in [-0.15, -0.1) is 0 Å². The molecule has 1 spiro atoms. The van der Waals surface area contributed by atoms with Crippen molar-refractivity contribution in [2.75, 3.05) is 5.32 Å². The van der Waals surface area contributed by atoms with Crippen molar-refractivity contribution in [1.29, 1.82) is 0 Å². The number of hydrogen-bond acceptors (Lipinski definition) is 1. The lowest BCUT2D eigenvalue weighted by atomic mass is 9.71. The maximum absolute atomic E-state index is 12.9. The fourth-order valence-electron chi connectivity index (χ4n) is 4.17. The highest BCUT2D eigenvalue weighted by molar-refractivity contribution is 6.31. The van der Waals surface area contributed by atoms with Gasteiger partial charge in [0.15, 0.2) is 0 Å². The van der Waals surface area contributed by atoms with Crippen molar-refractivity contribution >= 4 is 23.3 Å². The van der Waals surface area contributed by atoms with Crippen molar-refractivity contribution in [3.05, 3.63) is 28.8 Å². The molecule has 2 fully saturated rings. The van der Waals surface area contributed by atoms with Crippen molar-refractivity contribution in [2.24, 2.45) is 5.41 Å². The third-order valence-corrected chi connectivity index (χ3v) is 5.90. The van der Waals surface area contributed by atoms with E-state index >= 15 is 0 Å². The molecular formula is C18H22ClF3N2O. The quantitative estimate of drug-likeness (QED) is 0.656. The summed E-state index contributed by atoms with van der Waals surface area (Å²) in [5, 5.41) is 4.98. The molecule has 0 aromatic heterocycles. The molecule has 0 atom stereocenters. The largest absolute Gasteiger partial charge is 0.417 e. The van der Waals surface area contributed by atoms with Crippen LogP contribution in [0.3, 0.4) is 0 Å². The maximum atomic E-state index is 12.9. The van der Waals surface area contributed by atoms with Gasteiger partial charge in [-0.2, -0.15) is 13.2 Å². The van der Waals surface area contributed by atoms with Gasteiger partial charge in [0.1, 0.15) is 0 Å². The standard InChI is InChI=1S/C18H22ClF3N2O/c19-15-4-3-13(11-14(15)18(20,21)22)24-16(25)23-12-5-9-17(10-6-12)7-1-2-8-17/h3-4,11-12H,1-2,5-10H2,(H2,23,24,25). The summed E-state index contributed by atoms with van der Waals surface area (Å²) >= 11 is 5.58. The molecule has 2 aliphatic carbocycles. The van der Waals surface area contributed by atoms with Crippen LogP contribution in [0.1, 0.15) is 56.9 Å². The van der Waals surface area contributed by atoms with E-state index < -0.39 is 17.8 Å². The van der Waals surface area contributed by atoms with Crippen LogP contribution in [0.25, 0.3) is 0 Å². The predicted molar refractivity (Wildman–Crippen MR) is 91.8 cm³/mol. The van der Waals surface area contributed by atoms with Gasteiger partial charge in [0.25, 0.3) is 0 Å². The molecule has 7 heteroatoms. The second kappa shape index (κ2) is 7.06. The average Bonchev–Trinajstić information content (AvgIpc) is 2.99. The Kier molecular flexibility index (Phi) is 5.19. The van der Waals surface area contributed by atoms with Crippen LogP contribution in [0.4, 0.5) is 23.7 Å². The minimum atomic E-state index is -4.55. The van der Waals surface area contributed by atoms with Crippen molar-refractivity contribution in [3.8, 4) is 0 Å². The molecule has 3 rings (SSSR count). The van der Waals surface area contributed by atoms with Gasteiger partial charge in [-0.3, -0.25) is 0 Å². The molecule has 0 saturated heterocycles. The van der Waals surface area contributed by atoms with E-state index in [1.54, 1.807) is 0 Å². The van der Waals surface area contributed by atoms with Gasteiger partial charge in [0.2, 0.25) is 0 Å². The smallest absolute Gasteiger partial charge is 0.335 e. The minimum Gasteiger partial charge on any atom is -0.335 e. The predicted octanol–water partition coefficient (Wildman–Crippen LogP) is 5.98. The number of urea groups is 1. The van der Waals surface area contributed by atoms with Crippen LogP contribution >= 0.6 is 11.6 Å². The lowest BCUT2D eigenvalue weighted by Crippen LogP contribution is -2.42. The maximum Gasteiger partial charge on any atom is 0.417 e. The topological polar surface area (TPSA) is 41.1 Å². The molecule has 2 saturated carbocycles. The van der Waals surface area contributed by atoms with Crippen LogP contribution in [0.5, 0.6) is 0 Å². The molecule has 0 heterocycles. The van der Waals surface area contributed by atoms with Gasteiger partial charge >= 0.3 is 12.2 Å². The lowest BCUT2D eigenvalue weighted by Gasteiger charge is -2.37. The number of hydrogen-bond donors (Lipinski definition) is 2. The highest BCUT2D eigenvalue weighted by Crippen LogP contribution is 2.48. The van der Waals surface area contributed by atoms with E-state index in [-0.39, 0.29) is 16.8 Å². The fraction of sp³-hybridized carbons (Fsp3) is 0.611. The highest BCUT2D eigenvalue weighted by atomic mass is 35.5. The number of amides is 2. The Morgan fingerprint density at radius 1 is 1.12 bits per heavy atom. The third-order valence-electron chi connectivity index (χ3n) is 5.58. The van der Waals surface area contributed by atoms with Crippen molar-refractivity contribution in [2.45, 2.75) is 63.6 Å². The number of carbonyl (C=O) groups is 1. The first-order chi connectivity index (χ1) is 11.8. The lowest BCUT2D eigenvalue weighted by molar-refractivity contribution is -0.137. The number of anilines is 1. The van der Waals surface area contributed by atoms with E-state index in [1.165, 1.54) is 31.7 Å².